The van der Waals surface area contributed by atoms with Gasteiger partial charge in [-0.15, -0.1) is 0 Å². The van der Waals surface area contributed by atoms with Gasteiger partial charge in [-0.1, -0.05) is 74.5 Å². The Balaban J connectivity index is 1.49. The highest BCUT2D eigenvalue weighted by molar-refractivity contribution is 6.20. The van der Waals surface area contributed by atoms with Gasteiger partial charge in [-0.3, -0.25) is 25.0 Å². The normalized spacial score (nSPS) is 22.9. The first-order valence-corrected chi connectivity index (χ1v) is 14.9. The first kappa shape index (κ1) is 26.7. The lowest BCUT2D eigenvalue weighted by Crippen LogP contribution is -2.15. The molecule has 0 radical (unpaired) electrons. The maximum Gasteiger partial charge on any atom is 0.159 e. The van der Waals surface area contributed by atoms with Crippen LogP contribution in [0.15, 0.2) is 123 Å². The van der Waals surface area contributed by atoms with Crippen LogP contribution in [0.3, 0.4) is 0 Å². The second kappa shape index (κ2) is 11.6. The lowest BCUT2D eigenvalue weighted by Gasteiger charge is -2.13. The molecule has 0 aliphatic carbocycles. The number of nitrogens with one attached hydrogen (secondary N) is 1. The zero-order chi connectivity index (χ0) is 29.2. The highest BCUT2D eigenvalue weighted by Gasteiger charge is 2.18. The number of fused-ring (bicyclic) bond motifs is 6. The summed E-state index contributed by atoms with van der Waals surface area (Å²) < 4.78 is 0. The van der Waals surface area contributed by atoms with Crippen LogP contribution >= 0.6 is 0 Å². The van der Waals surface area contributed by atoms with Gasteiger partial charge in [0.2, 0.25) is 0 Å². The van der Waals surface area contributed by atoms with E-state index in [9.17, 15) is 0 Å². The largest absolute Gasteiger partial charge is 0.355 e. The van der Waals surface area contributed by atoms with Gasteiger partial charge in [-0.2, -0.15) is 0 Å². The Kier molecular flexibility index (Phi) is 7.17. The smallest absolute Gasteiger partial charge is 0.159 e. The number of H-pyrrole nitrogens is 1. The zero-order valence-electron chi connectivity index (χ0n) is 24.3. The Bertz CT molecular complexity index is 1850. The molecule has 2 unspecified atom stereocenters. The molecule has 2 aromatic heterocycles. The van der Waals surface area contributed by atoms with Crippen molar-refractivity contribution < 1.29 is 0 Å². The molecular formula is C37H32N6. The van der Waals surface area contributed by atoms with E-state index in [1.54, 1.807) is 0 Å². The number of aromatic nitrogens is 2. The fourth-order valence-corrected chi connectivity index (χ4v) is 5.92. The van der Waals surface area contributed by atoms with E-state index in [-0.39, 0.29) is 12.3 Å². The Morgan fingerprint density at radius 3 is 1.49 bits per heavy atom. The summed E-state index contributed by atoms with van der Waals surface area (Å²) in [5, 5.41) is 2.17. The molecule has 0 saturated carbocycles. The average molecular weight is 561 g/mol. The molecule has 3 aliphatic rings. The molecule has 6 heteroatoms. The second-order valence-electron chi connectivity index (χ2n) is 10.7. The molecule has 7 rings (SSSR count). The van der Waals surface area contributed by atoms with Crippen molar-refractivity contribution in [2.45, 2.75) is 39.0 Å². The van der Waals surface area contributed by atoms with E-state index in [2.05, 4.69) is 90.6 Å². The molecule has 8 bridgehead atoms. The summed E-state index contributed by atoms with van der Waals surface area (Å²) >= 11 is 0. The first-order chi connectivity index (χ1) is 21.2. The first-order valence-electron chi connectivity index (χ1n) is 14.9. The van der Waals surface area contributed by atoms with Crippen LogP contribution in [0.25, 0.3) is 12.2 Å². The average Bonchev–Trinajstić information content (AvgIpc) is 3.78. The molecule has 1 N–H and O–H groups in total. The summed E-state index contributed by atoms with van der Waals surface area (Å²) in [4.78, 5) is 28.6. The third-order valence-corrected chi connectivity index (χ3v) is 7.92. The summed E-state index contributed by atoms with van der Waals surface area (Å²) in [6, 6.07) is 22.6. The summed E-state index contributed by atoms with van der Waals surface area (Å²) in [5.74, 6) is 0. The van der Waals surface area contributed by atoms with Gasteiger partial charge in [0.25, 0.3) is 0 Å². The summed E-state index contributed by atoms with van der Waals surface area (Å²) in [6.45, 7) is 4.41. The highest BCUT2D eigenvalue weighted by atomic mass is 15.0. The molecule has 6 nitrogen and oxygen atoms in total. The molecular weight excluding hydrogens is 528 g/mol. The third kappa shape index (κ3) is 5.40. The van der Waals surface area contributed by atoms with Crippen LogP contribution < -0.4 is 10.7 Å². The van der Waals surface area contributed by atoms with Gasteiger partial charge in [0, 0.05) is 45.3 Å². The van der Waals surface area contributed by atoms with E-state index < -0.39 is 0 Å². The molecule has 4 aromatic rings. The SMILES string of the molecule is CCc1c(CC)/c2[nH]/c1=C\C1=NC(C=C1)/N=C(/c1ccccc1)c1cncc(c1)/C(c1ccccc1)=N\C1C=CC(=N1)\C=2. The monoisotopic (exact) mass is 560 g/mol. The fraction of sp³-hybridized carbons (Fsp3) is 0.162. The van der Waals surface area contributed by atoms with Gasteiger partial charge in [0.05, 0.1) is 22.8 Å². The summed E-state index contributed by atoms with van der Waals surface area (Å²) in [6.07, 6.45) is 17.4. The predicted octanol–water partition coefficient (Wildman–Crippen LogP) is 5.16. The number of aliphatic imine (C=N–C) groups is 4. The standard InChI is InChI=1S/C37H32N6/c1-3-30-31(4-2)33-21-29-16-18-35(40-29)43-37(25-13-9-6-10-14-25)27-19-26(22-38-23-27)36(24-11-7-5-8-12-24)42-34-17-15-28(39-34)20-32(30)41-33/h5-23,34-35,41H,3-4H2,1-2H3/b32-20-,33-21-,42-36-,43-37-. The van der Waals surface area contributed by atoms with Crippen LogP contribution in [0.4, 0.5) is 0 Å². The summed E-state index contributed by atoms with van der Waals surface area (Å²) in [7, 11) is 0. The molecule has 43 heavy (non-hydrogen) atoms. The molecule has 0 fully saturated rings. The van der Waals surface area contributed by atoms with Gasteiger partial charge in [-0.05, 0) is 66.5 Å². The van der Waals surface area contributed by atoms with E-state index in [1.165, 1.54) is 11.1 Å². The van der Waals surface area contributed by atoms with E-state index in [0.717, 1.165) is 68.6 Å². The molecule has 0 spiro atoms. The fourth-order valence-electron chi connectivity index (χ4n) is 5.92. The topological polar surface area (TPSA) is 78.1 Å². The molecule has 5 heterocycles. The van der Waals surface area contributed by atoms with Crippen LogP contribution in [0, 0.1) is 0 Å². The quantitative estimate of drug-likeness (QED) is 0.368. The second-order valence-corrected chi connectivity index (χ2v) is 10.7. The maximum atomic E-state index is 5.17. The van der Waals surface area contributed by atoms with Crippen LogP contribution in [0.1, 0.15) is 47.2 Å². The Morgan fingerprint density at radius 2 is 1.05 bits per heavy atom. The molecule has 3 aliphatic heterocycles. The van der Waals surface area contributed by atoms with E-state index in [1.807, 2.05) is 48.8 Å². The van der Waals surface area contributed by atoms with E-state index in [4.69, 9.17) is 20.0 Å². The van der Waals surface area contributed by atoms with Gasteiger partial charge in [-0.25, -0.2) is 0 Å². The lowest BCUT2D eigenvalue weighted by molar-refractivity contribution is 0.896. The number of benzene rings is 2. The Hall–Kier alpha value is -5.23. The van der Waals surface area contributed by atoms with E-state index in [0.29, 0.717) is 0 Å². The Morgan fingerprint density at radius 1 is 0.581 bits per heavy atom. The minimum absolute atomic E-state index is 0.336. The van der Waals surface area contributed by atoms with Crippen molar-refractivity contribution in [2.24, 2.45) is 20.0 Å². The maximum absolute atomic E-state index is 5.17. The molecule has 0 saturated heterocycles. The number of nitrogens with zero attached hydrogens (tertiary/aromatic N) is 5. The van der Waals surface area contributed by atoms with Crippen LogP contribution in [-0.2, 0) is 12.8 Å². The van der Waals surface area contributed by atoms with Gasteiger partial charge in [0.15, 0.2) is 12.3 Å². The van der Waals surface area contributed by atoms with Crippen molar-refractivity contribution in [3.8, 4) is 0 Å². The number of hydrogen-bond acceptors (Lipinski definition) is 5. The zero-order valence-corrected chi connectivity index (χ0v) is 24.3. The minimum atomic E-state index is -0.336. The van der Waals surface area contributed by atoms with Crippen molar-refractivity contribution >= 4 is 35.0 Å². The number of aromatic amines is 1. The Labute approximate surface area is 251 Å². The number of hydrogen-bond donors (Lipinski definition) is 1. The lowest BCUT2D eigenvalue weighted by atomic mass is 9.98. The highest BCUT2D eigenvalue weighted by Crippen LogP contribution is 2.20. The van der Waals surface area contributed by atoms with Crippen LogP contribution in [0.2, 0.25) is 0 Å². The van der Waals surface area contributed by atoms with E-state index >= 15 is 0 Å². The number of pyridine rings is 1. The van der Waals surface area contributed by atoms with Crippen LogP contribution in [-0.4, -0.2) is 45.1 Å². The molecule has 2 aromatic carbocycles. The predicted molar refractivity (Wildman–Crippen MR) is 177 cm³/mol. The van der Waals surface area contributed by atoms with Crippen LogP contribution in [0.5, 0.6) is 0 Å². The summed E-state index contributed by atoms with van der Waals surface area (Å²) in [5.41, 5.74) is 9.92. The van der Waals surface area contributed by atoms with Crippen molar-refractivity contribution in [3.63, 3.8) is 0 Å². The van der Waals surface area contributed by atoms with Gasteiger partial charge < -0.3 is 4.98 Å². The van der Waals surface area contributed by atoms with Crippen molar-refractivity contribution in [1.82, 2.24) is 9.97 Å². The van der Waals surface area contributed by atoms with Gasteiger partial charge in [0.1, 0.15) is 0 Å². The molecule has 210 valence electrons. The number of rotatable bonds is 4. The van der Waals surface area contributed by atoms with Gasteiger partial charge >= 0.3 is 0 Å². The molecule has 2 atom stereocenters. The minimum Gasteiger partial charge on any atom is -0.355 e. The third-order valence-electron chi connectivity index (χ3n) is 7.92. The van der Waals surface area contributed by atoms with Crippen molar-refractivity contribution in [1.29, 1.82) is 0 Å². The number of allylic oxidation sites excluding steroid dienone is 2. The molecule has 0 amide bonds. The van der Waals surface area contributed by atoms with Crippen molar-refractivity contribution in [3.05, 3.63) is 148 Å². The van der Waals surface area contributed by atoms with Crippen molar-refractivity contribution in [2.75, 3.05) is 0 Å².